The van der Waals surface area contributed by atoms with Gasteiger partial charge in [0.05, 0.1) is 25.1 Å². The van der Waals surface area contributed by atoms with E-state index in [2.05, 4.69) is 11.2 Å². The molecule has 2 rings (SSSR count). The van der Waals surface area contributed by atoms with Gasteiger partial charge in [-0.15, -0.1) is 0 Å². The number of hydrazone groups is 1. The molecule has 1 unspecified atom stereocenters. The first-order valence-corrected chi connectivity index (χ1v) is 5.96. The van der Waals surface area contributed by atoms with Gasteiger partial charge in [-0.05, 0) is 0 Å². The Labute approximate surface area is 111 Å². The Morgan fingerprint density at radius 2 is 2.11 bits per heavy atom. The van der Waals surface area contributed by atoms with Crippen LogP contribution in [0.25, 0.3) is 0 Å². The number of hydrogen-bond acceptors (Lipinski definition) is 5. The molecule has 1 aliphatic heterocycles. The second kappa shape index (κ2) is 5.79. The van der Waals surface area contributed by atoms with Crippen LogP contribution >= 0.6 is 0 Å². The van der Waals surface area contributed by atoms with Crippen molar-refractivity contribution in [2.45, 2.75) is 18.9 Å². The summed E-state index contributed by atoms with van der Waals surface area (Å²) in [5, 5.41) is 23.3. The molecule has 19 heavy (non-hydrogen) atoms. The molecule has 0 amide bonds. The predicted octanol–water partition coefficient (Wildman–Crippen LogP) is 1.74. The van der Waals surface area contributed by atoms with E-state index in [0.29, 0.717) is 24.2 Å². The van der Waals surface area contributed by atoms with Crippen molar-refractivity contribution < 1.29 is 4.79 Å². The molecule has 0 radical (unpaired) electrons. The molecule has 0 N–H and O–H groups in total. The van der Waals surface area contributed by atoms with Crippen LogP contribution in [0.1, 0.15) is 23.2 Å². The summed E-state index contributed by atoms with van der Waals surface area (Å²) in [6.07, 6.45) is 0.601. The highest BCUT2D eigenvalue weighted by atomic mass is 16.1. The molecule has 0 spiro atoms. The molecule has 0 saturated carbocycles. The van der Waals surface area contributed by atoms with E-state index in [9.17, 15) is 4.79 Å². The molecule has 0 aliphatic carbocycles. The minimum Gasteiger partial charge on any atom is -0.287 e. The zero-order valence-corrected chi connectivity index (χ0v) is 10.3. The molecule has 0 fully saturated rings. The summed E-state index contributed by atoms with van der Waals surface area (Å²) in [5.41, 5.74) is 0.954. The fraction of sp³-hybridized carbons (Fsp3) is 0.286. The van der Waals surface area contributed by atoms with Crippen molar-refractivity contribution in [2.75, 3.05) is 6.54 Å². The average Bonchev–Trinajstić information content (AvgIpc) is 2.88. The SMILES string of the molecule is N#CCCN1N=C(C(=O)c2ccccc2)CC1C#N. The monoisotopic (exact) mass is 252 g/mol. The zero-order chi connectivity index (χ0) is 13.7. The summed E-state index contributed by atoms with van der Waals surface area (Å²) in [4.78, 5) is 12.2. The second-order valence-electron chi connectivity index (χ2n) is 4.16. The van der Waals surface area contributed by atoms with Crippen LogP contribution in [0.5, 0.6) is 0 Å². The Hall–Kier alpha value is -2.66. The quantitative estimate of drug-likeness (QED) is 0.764. The Bertz CT molecular complexity index is 580. The molecule has 1 atom stereocenters. The van der Waals surface area contributed by atoms with Crippen LogP contribution in [0, 0.1) is 22.7 Å². The van der Waals surface area contributed by atoms with Crippen LogP contribution < -0.4 is 0 Å². The highest BCUT2D eigenvalue weighted by Gasteiger charge is 2.30. The Balaban J connectivity index is 2.16. The molecule has 5 heteroatoms. The van der Waals surface area contributed by atoms with Crippen LogP contribution in [-0.2, 0) is 0 Å². The van der Waals surface area contributed by atoms with Gasteiger partial charge in [0.2, 0.25) is 5.78 Å². The smallest absolute Gasteiger partial charge is 0.209 e. The summed E-state index contributed by atoms with van der Waals surface area (Å²) >= 11 is 0. The summed E-state index contributed by atoms with van der Waals surface area (Å²) in [6, 6.07) is 12.5. The first-order valence-electron chi connectivity index (χ1n) is 5.96. The topological polar surface area (TPSA) is 80.2 Å². The molecule has 1 aromatic rings. The second-order valence-corrected chi connectivity index (χ2v) is 4.16. The Kier molecular flexibility index (Phi) is 3.90. The number of hydrogen-bond donors (Lipinski definition) is 0. The van der Waals surface area contributed by atoms with Crippen molar-refractivity contribution in [2.24, 2.45) is 5.10 Å². The molecule has 0 bridgehead atoms. The zero-order valence-electron chi connectivity index (χ0n) is 10.3. The van der Waals surface area contributed by atoms with Gasteiger partial charge in [-0.3, -0.25) is 9.80 Å². The highest BCUT2D eigenvalue weighted by Crippen LogP contribution is 2.18. The Morgan fingerprint density at radius 3 is 2.74 bits per heavy atom. The van der Waals surface area contributed by atoms with Gasteiger partial charge in [-0.2, -0.15) is 15.6 Å². The number of nitriles is 2. The lowest BCUT2D eigenvalue weighted by Gasteiger charge is -2.15. The van der Waals surface area contributed by atoms with E-state index in [1.807, 2.05) is 12.1 Å². The molecule has 94 valence electrons. The van der Waals surface area contributed by atoms with Crippen molar-refractivity contribution in [3.8, 4) is 12.1 Å². The van der Waals surface area contributed by atoms with Crippen molar-refractivity contribution in [1.82, 2.24) is 5.01 Å². The third-order valence-electron chi connectivity index (χ3n) is 2.90. The lowest BCUT2D eigenvalue weighted by atomic mass is 10.0. The average molecular weight is 252 g/mol. The molecule has 1 aliphatic rings. The van der Waals surface area contributed by atoms with Gasteiger partial charge in [0, 0.05) is 12.0 Å². The van der Waals surface area contributed by atoms with E-state index < -0.39 is 6.04 Å². The Morgan fingerprint density at radius 1 is 1.37 bits per heavy atom. The largest absolute Gasteiger partial charge is 0.287 e. The number of carbonyl (C=O) groups excluding carboxylic acids is 1. The molecular weight excluding hydrogens is 240 g/mol. The molecule has 1 aromatic carbocycles. The molecule has 0 saturated heterocycles. The highest BCUT2D eigenvalue weighted by molar-refractivity contribution is 6.46. The van der Waals surface area contributed by atoms with E-state index in [0.717, 1.165) is 0 Å². The first kappa shape index (κ1) is 12.8. The van der Waals surface area contributed by atoms with Gasteiger partial charge in [0.1, 0.15) is 11.8 Å². The third-order valence-corrected chi connectivity index (χ3v) is 2.90. The minimum atomic E-state index is -0.448. The number of nitrogens with zero attached hydrogens (tertiary/aromatic N) is 4. The van der Waals surface area contributed by atoms with Crippen molar-refractivity contribution in [3.05, 3.63) is 35.9 Å². The third kappa shape index (κ3) is 2.78. The van der Waals surface area contributed by atoms with Gasteiger partial charge < -0.3 is 0 Å². The lowest BCUT2D eigenvalue weighted by Crippen LogP contribution is -2.25. The number of Topliss-reactive ketones (excluding diaryl/α,β-unsaturated/α-hetero) is 1. The summed E-state index contributed by atoms with van der Waals surface area (Å²) in [6.45, 7) is 0.375. The maximum Gasteiger partial charge on any atom is 0.209 e. The number of carbonyl (C=O) groups is 1. The van der Waals surface area contributed by atoms with Crippen LogP contribution in [0.3, 0.4) is 0 Å². The van der Waals surface area contributed by atoms with Crippen molar-refractivity contribution in [1.29, 1.82) is 10.5 Å². The van der Waals surface area contributed by atoms with E-state index in [-0.39, 0.29) is 12.2 Å². The summed E-state index contributed by atoms with van der Waals surface area (Å²) < 4.78 is 0. The van der Waals surface area contributed by atoms with E-state index in [4.69, 9.17) is 10.5 Å². The number of rotatable bonds is 4. The van der Waals surface area contributed by atoms with E-state index in [1.54, 1.807) is 24.3 Å². The van der Waals surface area contributed by atoms with Crippen molar-refractivity contribution in [3.63, 3.8) is 0 Å². The fourth-order valence-corrected chi connectivity index (χ4v) is 1.93. The number of ketones is 1. The van der Waals surface area contributed by atoms with E-state index in [1.165, 1.54) is 5.01 Å². The van der Waals surface area contributed by atoms with Crippen LogP contribution in [0.15, 0.2) is 35.4 Å². The normalized spacial score (nSPS) is 17.5. The van der Waals surface area contributed by atoms with Crippen LogP contribution in [-0.4, -0.2) is 29.1 Å². The number of benzene rings is 1. The first-order chi connectivity index (χ1) is 9.26. The molecule has 1 heterocycles. The fourth-order valence-electron chi connectivity index (χ4n) is 1.93. The lowest BCUT2D eigenvalue weighted by molar-refractivity contribution is 0.106. The molecule has 5 nitrogen and oxygen atoms in total. The standard InChI is InChI=1S/C14H12N4O/c15-7-4-8-18-12(10-16)9-13(17-18)14(19)11-5-2-1-3-6-11/h1-3,5-6,12H,4,8-9H2. The van der Waals surface area contributed by atoms with Gasteiger partial charge in [-0.25, -0.2) is 0 Å². The van der Waals surface area contributed by atoms with Gasteiger partial charge in [-0.1, -0.05) is 30.3 Å². The maximum absolute atomic E-state index is 12.2. The van der Waals surface area contributed by atoms with Crippen LogP contribution in [0.2, 0.25) is 0 Å². The minimum absolute atomic E-state index is 0.152. The molecule has 0 aromatic heterocycles. The molecular formula is C14H12N4O. The summed E-state index contributed by atoms with van der Waals surface area (Å²) in [5.74, 6) is -0.152. The van der Waals surface area contributed by atoms with Gasteiger partial charge >= 0.3 is 0 Å². The maximum atomic E-state index is 12.2. The van der Waals surface area contributed by atoms with Crippen LogP contribution in [0.4, 0.5) is 0 Å². The van der Waals surface area contributed by atoms with Gasteiger partial charge in [0.25, 0.3) is 0 Å². The summed E-state index contributed by atoms with van der Waals surface area (Å²) in [7, 11) is 0. The van der Waals surface area contributed by atoms with E-state index >= 15 is 0 Å². The van der Waals surface area contributed by atoms with Crippen molar-refractivity contribution >= 4 is 11.5 Å². The predicted molar refractivity (Wildman–Crippen MR) is 69.2 cm³/mol. The van der Waals surface area contributed by atoms with Gasteiger partial charge in [0.15, 0.2) is 0 Å².